The standard InChI is InChI=1S/C24H25Cl2N3O2/c1-16(29-22(30)24(2,3)31-23-27-14-20(26)15-28-23)21(18-7-5-4-6-8-18)13-17-9-11-19(25)12-10-17/h4-12,14-16,21H,13H2,1-3H3,(H,29,30)/t16-,21?/m0/s1. The fourth-order valence-electron chi connectivity index (χ4n) is 3.27. The molecule has 0 aliphatic rings. The molecule has 0 radical (unpaired) electrons. The number of rotatable bonds is 8. The monoisotopic (exact) mass is 457 g/mol. The van der Waals surface area contributed by atoms with Crippen LogP contribution in [0.2, 0.25) is 10.0 Å². The zero-order valence-corrected chi connectivity index (χ0v) is 19.2. The van der Waals surface area contributed by atoms with Crippen LogP contribution in [0.4, 0.5) is 0 Å². The van der Waals surface area contributed by atoms with Gasteiger partial charge >= 0.3 is 6.01 Å². The SMILES string of the molecule is C[C@H](NC(=O)C(C)(C)Oc1ncc(Cl)cn1)C(Cc1ccc(Cl)cc1)c1ccccc1. The average molecular weight is 458 g/mol. The summed E-state index contributed by atoms with van der Waals surface area (Å²) in [6.07, 6.45) is 3.61. The first kappa shape index (κ1) is 23.0. The summed E-state index contributed by atoms with van der Waals surface area (Å²) >= 11 is 11.8. The van der Waals surface area contributed by atoms with E-state index in [0.717, 1.165) is 17.5 Å². The van der Waals surface area contributed by atoms with Gasteiger partial charge in [0.05, 0.1) is 17.4 Å². The third-order valence-corrected chi connectivity index (χ3v) is 5.50. The summed E-state index contributed by atoms with van der Waals surface area (Å²) in [7, 11) is 0. The molecule has 0 saturated carbocycles. The highest BCUT2D eigenvalue weighted by Gasteiger charge is 2.33. The van der Waals surface area contributed by atoms with Gasteiger partial charge in [-0.15, -0.1) is 0 Å². The van der Waals surface area contributed by atoms with Crippen LogP contribution in [0, 0.1) is 0 Å². The Balaban J connectivity index is 1.75. The first-order chi connectivity index (χ1) is 14.7. The van der Waals surface area contributed by atoms with Gasteiger partial charge in [-0.05, 0) is 50.5 Å². The molecule has 7 heteroatoms. The average Bonchev–Trinajstić information content (AvgIpc) is 2.75. The van der Waals surface area contributed by atoms with Crippen LogP contribution in [0.1, 0.15) is 37.8 Å². The predicted molar refractivity (Wildman–Crippen MR) is 124 cm³/mol. The van der Waals surface area contributed by atoms with Crippen LogP contribution in [0.5, 0.6) is 6.01 Å². The Morgan fingerprint density at radius 1 is 1.00 bits per heavy atom. The molecule has 1 N–H and O–H groups in total. The molecule has 0 aliphatic carbocycles. The topological polar surface area (TPSA) is 64.1 Å². The van der Waals surface area contributed by atoms with Crippen molar-refractivity contribution < 1.29 is 9.53 Å². The van der Waals surface area contributed by atoms with E-state index in [2.05, 4.69) is 27.4 Å². The number of nitrogens with zero attached hydrogens (tertiary/aromatic N) is 2. The third-order valence-electron chi connectivity index (χ3n) is 5.05. The molecule has 5 nitrogen and oxygen atoms in total. The Bertz CT molecular complexity index is 994. The molecule has 1 aromatic heterocycles. The molecule has 1 amide bonds. The van der Waals surface area contributed by atoms with Gasteiger partial charge in [0.2, 0.25) is 0 Å². The van der Waals surface area contributed by atoms with Gasteiger partial charge in [-0.2, -0.15) is 0 Å². The lowest BCUT2D eigenvalue weighted by Crippen LogP contribution is -2.51. The second-order valence-corrected chi connectivity index (χ2v) is 8.78. The molecule has 3 aromatic rings. The van der Waals surface area contributed by atoms with E-state index in [0.29, 0.717) is 10.0 Å². The lowest BCUT2D eigenvalue weighted by Gasteiger charge is -2.30. The Morgan fingerprint density at radius 3 is 2.23 bits per heavy atom. The molecule has 0 spiro atoms. The molecular formula is C24H25Cl2N3O2. The van der Waals surface area contributed by atoms with E-state index in [-0.39, 0.29) is 23.9 Å². The maximum Gasteiger partial charge on any atom is 0.317 e. The lowest BCUT2D eigenvalue weighted by molar-refractivity contribution is -0.135. The van der Waals surface area contributed by atoms with Gasteiger partial charge in [0.25, 0.3) is 5.91 Å². The van der Waals surface area contributed by atoms with E-state index < -0.39 is 5.60 Å². The van der Waals surface area contributed by atoms with Crippen molar-refractivity contribution >= 4 is 29.1 Å². The van der Waals surface area contributed by atoms with E-state index in [1.54, 1.807) is 13.8 Å². The summed E-state index contributed by atoms with van der Waals surface area (Å²) in [4.78, 5) is 21.1. The van der Waals surface area contributed by atoms with Crippen LogP contribution >= 0.6 is 23.2 Å². The highest BCUT2D eigenvalue weighted by Crippen LogP contribution is 2.26. The molecule has 1 unspecified atom stereocenters. The van der Waals surface area contributed by atoms with E-state index >= 15 is 0 Å². The minimum atomic E-state index is -1.16. The van der Waals surface area contributed by atoms with Crippen molar-refractivity contribution in [3.63, 3.8) is 0 Å². The number of halogens is 2. The van der Waals surface area contributed by atoms with Gasteiger partial charge in [-0.3, -0.25) is 4.79 Å². The number of hydrogen-bond acceptors (Lipinski definition) is 4. The van der Waals surface area contributed by atoms with Crippen molar-refractivity contribution in [2.24, 2.45) is 0 Å². The minimum absolute atomic E-state index is 0.0638. The zero-order valence-electron chi connectivity index (χ0n) is 17.7. The maximum absolute atomic E-state index is 13.0. The third kappa shape index (κ3) is 6.42. The molecule has 31 heavy (non-hydrogen) atoms. The smallest absolute Gasteiger partial charge is 0.317 e. The summed E-state index contributed by atoms with van der Waals surface area (Å²) < 4.78 is 5.73. The van der Waals surface area contributed by atoms with Gasteiger partial charge in [0.15, 0.2) is 5.60 Å². The van der Waals surface area contributed by atoms with Crippen LogP contribution < -0.4 is 10.1 Å². The number of benzene rings is 2. The van der Waals surface area contributed by atoms with Crippen molar-refractivity contribution in [1.82, 2.24) is 15.3 Å². The van der Waals surface area contributed by atoms with Gasteiger partial charge in [0.1, 0.15) is 0 Å². The van der Waals surface area contributed by atoms with E-state index in [1.807, 2.05) is 49.4 Å². The van der Waals surface area contributed by atoms with Gasteiger partial charge in [0, 0.05) is 17.0 Å². The van der Waals surface area contributed by atoms with Crippen molar-refractivity contribution in [2.75, 3.05) is 0 Å². The first-order valence-corrected chi connectivity index (χ1v) is 10.8. The molecule has 2 aromatic carbocycles. The normalized spacial score (nSPS) is 13.3. The molecule has 2 atom stereocenters. The fourth-order valence-corrected chi connectivity index (χ4v) is 3.49. The Hall–Kier alpha value is -2.63. The second-order valence-electron chi connectivity index (χ2n) is 7.91. The van der Waals surface area contributed by atoms with Gasteiger partial charge in [-0.25, -0.2) is 9.97 Å². The number of ether oxygens (including phenoxy) is 1. The Labute approximate surface area is 192 Å². The number of nitrogens with one attached hydrogen (secondary N) is 1. The molecular weight excluding hydrogens is 433 g/mol. The highest BCUT2D eigenvalue weighted by atomic mass is 35.5. The lowest BCUT2D eigenvalue weighted by atomic mass is 9.86. The molecule has 162 valence electrons. The zero-order chi connectivity index (χ0) is 22.4. The second kappa shape index (κ2) is 10.1. The van der Waals surface area contributed by atoms with E-state index in [1.165, 1.54) is 12.4 Å². The summed E-state index contributed by atoms with van der Waals surface area (Å²) in [5, 5.41) is 4.21. The fraction of sp³-hybridized carbons (Fsp3) is 0.292. The van der Waals surface area contributed by atoms with Crippen LogP contribution in [-0.4, -0.2) is 27.5 Å². The van der Waals surface area contributed by atoms with E-state index in [4.69, 9.17) is 27.9 Å². The van der Waals surface area contributed by atoms with Crippen LogP contribution in [0.15, 0.2) is 67.0 Å². The quantitative estimate of drug-likeness (QED) is 0.486. The number of carbonyl (C=O) groups is 1. The molecule has 0 saturated heterocycles. The highest BCUT2D eigenvalue weighted by molar-refractivity contribution is 6.30. The minimum Gasteiger partial charge on any atom is -0.447 e. The number of amides is 1. The van der Waals surface area contributed by atoms with Crippen LogP contribution in [0.25, 0.3) is 0 Å². The maximum atomic E-state index is 13.0. The summed E-state index contributed by atoms with van der Waals surface area (Å²) in [6.45, 7) is 5.37. The summed E-state index contributed by atoms with van der Waals surface area (Å²) in [5.41, 5.74) is 1.12. The van der Waals surface area contributed by atoms with Crippen LogP contribution in [-0.2, 0) is 11.2 Å². The van der Waals surface area contributed by atoms with Gasteiger partial charge in [-0.1, -0.05) is 65.7 Å². The largest absolute Gasteiger partial charge is 0.447 e. The van der Waals surface area contributed by atoms with Crippen molar-refractivity contribution in [1.29, 1.82) is 0 Å². The molecule has 1 heterocycles. The predicted octanol–water partition coefficient (Wildman–Crippen LogP) is 5.47. The molecule has 0 aliphatic heterocycles. The van der Waals surface area contributed by atoms with E-state index in [9.17, 15) is 4.79 Å². The summed E-state index contributed by atoms with van der Waals surface area (Å²) in [6, 6.07) is 17.9. The Kier molecular flexibility index (Phi) is 7.52. The first-order valence-electron chi connectivity index (χ1n) is 10.0. The molecule has 0 fully saturated rings. The van der Waals surface area contributed by atoms with Crippen molar-refractivity contribution in [3.8, 4) is 6.01 Å². The molecule has 0 bridgehead atoms. The molecule has 3 rings (SSSR count). The van der Waals surface area contributed by atoms with Crippen molar-refractivity contribution in [2.45, 2.75) is 44.8 Å². The van der Waals surface area contributed by atoms with Crippen LogP contribution in [0.3, 0.4) is 0 Å². The number of aromatic nitrogens is 2. The number of hydrogen-bond donors (Lipinski definition) is 1. The number of carbonyl (C=O) groups excluding carboxylic acids is 1. The summed E-state index contributed by atoms with van der Waals surface area (Å²) in [5.74, 6) is -0.190. The Morgan fingerprint density at radius 2 is 1.61 bits per heavy atom. The van der Waals surface area contributed by atoms with Crippen molar-refractivity contribution in [3.05, 3.63) is 88.2 Å². The van der Waals surface area contributed by atoms with Gasteiger partial charge < -0.3 is 10.1 Å².